The molecule has 4 nitrogen and oxygen atoms in total. The third-order valence-electron chi connectivity index (χ3n) is 2.87. The minimum Gasteiger partial charge on any atom is -0.490 e. The van der Waals surface area contributed by atoms with Gasteiger partial charge in [-0.05, 0) is 30.4 Å². The number of benzene rings is 1. The maximum absolute atomic E-state index is 10.9. The van der Waals surface area contributed by atoms with E-state index in [9.17, 15) is 10.1 Å². The Balaban J connectivity index is 2.79. The van der Waals surface area contributed by atoms with Gasteiger partial charge in [0.25, 0.3) is 0 Å². The van der Waals surface area contributed by atoms with Crippen molar-refractivity contribution in [2.24, 2.45) is 5.92 Å². The summed E-state index contributed by atoms with van der Waals surface area (Å²) < 4.78 is 4.97. The zero-order valence-corrected chi connectivity index (χ0v) is 12.4. The van der Waals surface area contributed by atoms with Gasteiger partial charge in [0, 0.05) is 10.9 Å². The number of nitrogens with zero attached hydrogens (tertiary/aromatic N) is 1. The number of alkyl halides is 1. The number of nitro groups is 1. The fraction of sp³-hybridized carbons (Fsp3) is 0.538. The van der Waals surface area contributed by atoms with Gasteiger partial charge in [0.2, 0.25) is 0 Å². The van der Waals surface area contributed by atoms with Crippen LogP contribution in [0.2, 0.25) is 0 Å². The third kappa shape index (κ3) is 3.98. The van der Waals surface area contributed by atoms with Gasteiger partial charge >= 0.3 is 5.69 Å². The first kappa shape index (κ1) is 15.0. The SMILES string of the molecule is COc1ccc(CCC(Br)C(C)C)cc1[N+](=O)[O-]. The van der Waals surface area contributed by atoms with Gasteiger partial charge in [-0.3, -0.25) is 10.1 Å². The summed E-state index contributed by atoms with van der Waals surface area (Å²) in [6, 6.07) is 5.14. The molecule has 0 aromatic heterocycles. The van der Waals surface area contributed by atoms with Gasteiger partial charge in [-0.2, -0.15) is 0 Å². The van der Waals surface area contributed by atoms with Crippen LogP contribution in [0, 0.1) is 16.0 Å². The molecule has 0 aliphatic heterocycles. The lowest BCUT2D eigenvalue weighted by Crippen LogP contribution is -2.08. The standard InChI is InChI=1S/C13H18BrNO3/c1-9(2)11(14)6-4-10-5-7-13(18-3)12(8-10)15(16)17/h5,7-9,11H,4,6H2,1-3H3. The molecule has 0 aliphatic carbocycles. The molecular weight excluding hydrogens is 298 g/mol. The minimum absolute atomic E-state index is 0.0330. The number of hydrogen-bond donors (Lipinski definition) is 0. The Labute approximate surface area is 116 Å². The molecule has 1 unspecified atom stereocenters. The molecule has 0 radical (unpaired) electrons. The summed E-state index contributed by atoms with van der Waals surface area (Å²) in [4.78, 5) is 10.9. The monoisotopic (exact) mass is 315 g/mol. The lowest BCUT2D eigenvalue weighted by Gasteiger charge is -2.13. The van der Waals surface area contributed by atoms with Crippen molar-refractivity contribution in [3.8, 4) is 5.75 Å². The first-order chi connectivity index (χ1) is 8.45. The average Bonchev–Trinajstić information content (AvgIpc) is 2.35. The van der Waals surface area contributed by atoms with Crippen LogP contribution in [0.15, 0.2) is 18.2 Å². The molecule has 0 bridgehead atoms. The second-order valence-corrected chi connectivity index (χ2v) is 5.74. The Morgan fingerprint density at radius 1 is 1.44 bits per heavy atom. The van der Waals surface area contributed by atoms with E-state index in [-0.39, 0.29) is 5.69 Å². The van der Waals surface area contributed by atoms with Crippen LogP contribution >= 0.6 is 15.9 Å². The lowest BCUT2D eigenvalue weighted by molar-refractivity contribution is -0.385. The molecule has 0 saturated heterocycles. The molecule has 1 rings (SSSR count). The van der Waals surface area contributed by atoms with Gasteiger partial charge in [-0.1, -0.05) is 35.8 Å². The first-order valence-electron chi connectivity index (χ1n) is 5.91. The molecule has 0 aliphatic rings. The Morgan fingerprint density at radius 2 is 2.11 bits per heavy atom. The summed E-state index contributed by atoms with van der Waals surface area (Å²) in [5.74, 6) is 0.862. The van der Waals surface area contributed by atoms with Crippen LogP contribution in [-0.2, 0) is 6.42 Å². The van der Waals surface area contributed by atoms with Crippen LogP contribution in [0.1, 0.15) is 25.8 Å². The smallest absolute Gasteiger partial charge is 0.311 e. The Kier molecular flexibility index (Phi) is 5.59. The highest BCUT2D eigenvalue weighted by molar-refractivity contribution is 9.09. The van der Waals surface area contributed by atoms with Crippen molar-refractivity contribution in [3.63, 3.8) is 0 Å². The maximum Gasteiger partial charge on any atom is 0.311 e. The number of hydrogen-bond acceptors (Lipinski definition) is 3. The van der Waals surface area contributed by atoms with Crippen molar-refractivity contribution in [1.29, 1.82) is 0 Å². The first-order valence-corrected chi connectivity index (χ1v) is 6.82. The summed E-state index contributed by atoms with van der Waals surface area (Å²) in [5, 5.41) is 10.9. The molecule has 0 saturated carbocycles. The quantitative estimate of drug-likeness (QED) is 0.453. The number of halogens is 1. The second-order valence-electron chi connectivity index (χ2n) is 4.56. The summed E-state index contributed by atoms with van der Waals surface area (Å²) in [6.45, 7) is 4.30. The zero-order valence-electron chi connectivity index (χ0n) is 10.9. The fourth-order valence-electron chi connectivity index (χ4n) is 1.67. The maximum atomic E-state index is 10.9. The van der Waals surface area contributed by atoms with Crippen LogP contribution in [0.4, 0.5) is 5.69 Å². The fourth-order valence-corrected chi connectivity index (χ4v) is 1.90. The van der Waals surface area contributed by atoms with E-state index >= 15 is 0 Å². The summed E-state index contributed by atoms with van der Waals surface area (Å²) in [6.07, 6.45) is 1.78. The summed E-state index contributed by atoms with van der Waals surface area (Å²) in [7, 11) is 1.44. The van der Waals surface area contributed by atoms with Gasteiger partial charge in [0.05, 0.1) is 12.0 Å². The molecule has 0 amide bonds. The Morgan fingerprint density at radius 3 is 2.61 bits per heavy atom. The van der Waals surface area contributed by atoms with Gasteiger partial charge < -0.3 is 4.74 Å². The number of methoxy groups -OCH3 is 1. The van der Waals surface area contributed by atoms with E-state index in [2.05, 4.69) is 29.8 Å². The highest BCUT2D eigenvalue weighted by atomic mass is 79.9. The van der Waals surface area contributed by atoms with E-state index in [0.29, 0.717) is 16.5 Å². The summed E-state index contributed by atoms with van der Waals surface area (Å²) >= 11 is 3.62. The zero-order chi connectivity index (χ0) is 13.7. The number of aryl methyl sites for hydroxylation is 1. The normalized spacial score (nSPS) is 12.5. The number of nitro benzene ring substituents is 1. The van der Waals surface area contributed by atoms with Gasteiger partial charge in [-0.25, -0.2) is 0 Å². The van der Waals surface area contributed by atoms with Crippen LogP contribution in [0.5, 0.6) is 5.75 Å². The molecule has 5 heteroatoms. The van der Waals surface area contributed by atoms with E-state index in [1.807, 2.05) is 6.07 Å². The highest BCUT2D eigenvalue weighted by Crippen LogP contribution is 2.28. The van der Waals surface area contributed by atoms with Gasteiger partial charge in [0.1, 0.15) is 0 Å². The van der Waals surface area contributed by atoms with Crippen molar-refractivity contribution in [2.75, 3.05) is 7.11 Å². The van der Waals surface area contributed by atoms with Crippen molar-refractivity contribution in [2.45, 2.75) is 31.5 Å². The van der Waals surface area contributed by atoms with Crippen molar-refractivity contribution in [1.82, 2.24) is 0 Å². The van der Waals surface area contributed by atoms with Gasteiger partial charge in [0.15, 0.2) is 5.75 Å². The molecular formula is C13H18BrNO3. The van der Waals surface area contributed by atoms with E-state index in [1.165, 1.54) is 7.11 Å². The average molecular weight is 316 g/mol. The topological polar surface area (TPSA) is 52.4 Å². The number of rotatable bonds is 6. The van der Waals surface area contributed by atoms with Crippen molar-refractivity contribution >= 4 is 21.6 Å². The van der Waals surface area contributed by atoms with E-state index in [1.54, 1.807) is 12.1 Å². The van der Waals surface area contributed by atoms with Crippen LogP contribution in [0.3, 0.4) is 0 Å². The highest BCUT2D eigenvalue weighted by Gasteiger charge is 2.16. The van der Waals surface area contributed by atoms with Gasteiger partial charge in [-0.15, -0.1) is 0 Å². The number of ether oxygens (including phenoxy) is 1. The predicted octanol–water partition coefficient (Wildman–Crippen LogP) is 3.96. The minimum atomic E-state index is -0.406. The molecule has 0 spiro atoms. The van der Waals surface area contributed by atoms with E-state index in [0.717, 1.165) is 18.4 Å². The van der Waals surface area contributed by atoms with Crippen molar-refractivity contribution < 1.29 is 9.66 Å². The van der Waals surface area contributed by atoms with E-state index in [4.69, 9.17) is 4.74 Å². The third-order valence-corrected chi connectivity index (χ3v) is 4.39. The van der Waals surface area contributed by atoms with E-state index < -0.39 is 4.92 Å². The molecule has 1 aromatic rings. The second kappa shape index (κ2) is 6.73. The molecule has 1 aromatic carbocycles. The Hall–Kier alpha value is -1.10. The molecule has 0 N–H and O–H groups in total. The molecule has 0 fully saturated rings. The van der Waals surface area contributed by atoms with Crippen molar-refractivity contribution in [3.05, 3.63) is 33.9 Å². The molecule has 1 atom stereocenters. The largest absolute Gasteiger partial charge is 0.490 e. The van der Waals surface area contributed by atoms with Crippen LogP contribution < -0.4 is 4.74 Å². The molecule has 18 heavy (non-hydrogen) atoms. The predicted molar refractivity (Wildman–Crippen MR) is 75.5 cm³/mol. The molecule has 100 valence electrons. The van der Waals surface area contributed by atoms with Crippen LogP contribution in [0.25, 0.3) is 0 Å². The molecule has 0 heterocycles. The lowest BCUT2D eigenvalue weighted by atomic mass is 10.0. The van der Waals surface area contributed by atoms with Crippen LogP contribution in [-0.4, -0.2) is 16.9 Å². The summed E-state index contributed by atoms with van der Waals surface area (Å²) in [5.41, 5.74) is 0.998. The Bertz CT molecular complexity index is 421.